The second-order valence-electron chi connectivity index (χ2n) is 4.00. The van der Waals surface area contributed by atoms with Gasteiger partial charge >= 0.3 is 0 Å². The number of thioether (sulfide) groups is 1. The van der Waals surface area contributed by atoms with E-state index in [1.807, 2.05) is 11.8 Å². The Hall–Kier alpha value is -0.220. The van der Waals surface area contributed by atoms with Crippen LogP contribution in [0.2, 0.25) is 0 Å². The Morgan fingerprint density at radius 2 is 2.38 bits per heavy atom. The first-order valence-electron chi connectivity index (χ1n) is 4.89. The fourth-order valence-corrected chi connectivity index (χ4v) is 2.75. The molecule has 3 N–H and O–H groups in total. The number of rotatable bonds is 3. The van der Waals surface area contributed by atoms with Gasteiger partial charge in [-0.1, -0.05) is 0 Å². The molecule has 1 aliphatic heterocycles. The van der Waals surface area contributed by atoms with Crippen LogP contribution in [-0.2, 0) is 4.79 Å². The lowest BCUT2D eigenvalue weighted by molar-refractivity contribution is -0.123. The highest BCUT2D eigenvalue weighted by Gasteiger charge is 2.45. The third-order valence-electron chi connectivity index (χ3n) is 2.76. The van der Waals surface area contributed by atoms with Gasteiger partial charge in [0.05, 0.1) is 5.54 Å². The summed E-state index contributed by atoms with van der Waals surface area (Å²) < 4.78 is 0. The molecule has 1 aliphatic carbocycles. The number of amides is 1. The molecule has 3 nitrogen and oxygen atoms in total. The predicted molar refractivity (Wildman–Crippen MR) is 54.6 cm³/mol. The molecule has 2 rings (SSSR count). The normalized spacial score (nSPS) is 30.1. The monoisotopic (exact) mass is 200 g/mol. The van der Waals surface area contributed by atoms with Gasteiger partial charge in [-0.3, -0.25) is 4.79 Å². The number of nitrogens with two attached hydrogens (primary N) is 1. The van der Waals surface area contributed by atoms with E-state index in [2.05, 4.69) is 5.32 Å². The maximum Gasteiger partial charge on any atom is 0.240 e. The van der Waals surface area contributed by atoms with Crippen LogP contribution in [0.3, 0.4) is 0 Å². The lowest BCUT2D eigenvalue weighted by atomic mass is 10.2. The lowest BCUT2D eigenvalue weighted by Crippen LogP contribution is -2.44. The molecule has 0 spiro atoms. The summed E-state index contributed by atoms with van der Waals surface area (Å²) >= 11 is 1.96. The van der Waals surface area contributed by atoms with E-state index >= 15 is 0 Å². The number of carbonyl (C=O) groups is 1. The van der Waals surface area contributed by atoms with E-state index in [1.165, 1.54) is 18.6 Å². The predicted octanol–water partition coefficient (Wildman–Crippen LogP) is 0.489. The van der Waals surface area contributed by atoms with Gasteiger partial charge in [0.15, 0.2) is 0 Å². The Morgan fingerprint density at radius 3 is 2.92 bits per heavy atom. The molecule has 1 saturated carbocycles. The summed E-state index contributed by atoms with van der Waals surface area (Å²) in [6.07, 6.45) is 4.24. The van der Waals surface area contributed by atoms with Crippen molar-refractivity contribution in [3.8, 4) is 0 Å². The van der Waals surface area contributed by atoms with Gasteiger partial charge in [-0.05, 0) is 31.4 Å². The standard InChI is InChI=1S/C9H16N2OS/c10-9(3-4-9)8(12)11-6-7-2-1-5-13-7/h7H,1-6,10H2,(H,11,12). The molecule has 1 unspecified atom stereocenters. The van der Waals surface area contributed by atoms with Gasteiger partial charge in [-0.25, -0.2) is 0 Å². The Labute approximate surface area is 82.8 Å². The number of nitrogens with one attached hydrogen (secondary N) is 1. The highest BCUT2D eigenvalue weighted by molar-refractivity contribution is 8.00. The number of carbonyl (C=O) groups excluding carboxylic acids is 1. The van der Waals surface area contributed by atoms with Gasteiger partial charge in [-0.2, -0.15) is 11.8 Å². The average Bonchev–Trinajstić information content (AvgIpc) is 2.70. The van der Waals surface area contributed by atoms with Crippen LogP contribution >= 0.6 is 11.8 Å². The summed E-state index contributed by atoms with van der Waals surface area (Å²) in [7, 11) is 0. The second-order valence-corrected chi connectivity index (χ2v) is 5.41. The van der Waals surface area contributed by atoms with E-state index < -0.39 is 5.54 Å². The first kappa shape index (κ1) is 9.34. The van der Waals surface area contributed by atoms with Crippen molar-refractivity contribution in [1.82, 2.24) is 5.32 Å². The molecule has 0 aromatic carbocycles. The van der Waals surface area contributed by atoms with Gasteiger partial charge in [0, 0.05) is 11.8 Å². The molecule has 4 heteroatoms. The van der Waals surface area contributed by atoms with Gasteiger partial charge in [0.2, 0.25) is 5.91 Å². The van der Waals surface area contributed by atoms with Crippen LogP contribution in [0.1, 0.15) is 25.7 Å². The fourth-order valence-electron chi connectivity index (χ4n) is 1.55. The molecular weight excluding hydrogens is 184 g/mol. The Morgan fingerprint density at radius 1 is 1.62 bits per heavy atom. The molecule has 1 saturated heterocycles. The first-order chi connectivity index (χ1) is 6.21. The molecule has 2 fully saturated rings. The Balaban J connectivity index is 1.69. The Kier molecular flexibility index (Phi) is 2.51. The van der Waals surface area contributed by atoms with Crippen molar-refractivity contribution in [2.75, 3.05) is 12.3 Å². The maximum absolute atomic E-state index is 11.4. The van der Waals surface area contributed by atoms with Crippen LogP contribution in [0.4, 0.5) is 0 Å². The van der Waals surface area contributed by atoms with Crippen molar-refractivity contribution in [3.05, 3.63) is 0 Å². The van der Waals surface area contributed by atoms with Crippen molar-refractivity contribution in [2.45, 2.75) is 36.5 Å². The smallest absolute Gasteiger partial charge is 0.240 e. The number of hydrogen-bond acceptors (Lipinski definition) is 3. The molecule has 0 aromatic heterocycles. The van der Waals surface area contributed by atoms with Crippen LogP contribution in [0, 0.1) is 0 Å². The van der Waals surface area contributed by atoms with Crippen molar-refractivity contribution in [1.29, 1.82) is 0 Å². The van der Waals surface area contributed by atoms with E-state index in [0.29, 0.717) is 5.25 Å². The van der Waals surface area contributed by atoms with Crippen molar-refractivity contribution >= 4 is 17.7 Å². The molecule has 13 heavy (non-hydrogen) atoms. The second kappa shape index (κ2) is 3.50. The molecule has 0 radical (unpaired) electrons. The molecule has 1 atom stereocenters. The van der Waals surface area contributed by atoms with Crippen LogP contribution < -0.4 is 11.1 Å². The summed E-state index contributed by atoms with van der Waals surface area (Å²) in [5, 5.41) is 3.57. The zero-order valence-electron chi connectivity index (χ0n) is 7.71. The van der Waals surface area contributed by atoms with E-state index in [4.69, 9.17) is 5.73 Å². The third kappa shape index (κ3) is 2.17. The van der Waals surface area contributed by atoms with Gasteiger partial charge in [0.1, 0.15) is 0 Å². The van der Waals surface area contributed by atoms with E-state index in [1.54, 1.807) is 0 Å². The van der Waals surface area contributed by atoms with Crippen LogP contribution in [-0.4, -0.2) is 29.0 Å². The average molecular weight is 200 g/mol. The van der Waals surface area contributed by atoms with Crippen LogP contribution in [0.25, 0.3) is 0 Å². The Bertz CT molecular complexity index is 210. The van der Waals surface area contributed by atoms with Gasteiger partial charge in [-0.15, -0.1) is 0 Å². The fraction of sp³-hybridized carbons (Fsp3) is 0.889. The highest BCUT2D eigenvalue weighted by Crippen LogP contribution is 2.32. The summed E-state index contributed by atoms with van der Waals surface area (Å²) in [5.41, 5.74) is 5.26. The molecule has 1 heterocycles. The van der Waals surface area contributed by atoms with Gasteiger partial charge in [0.25, 0.3) is 0 Å². The summed E-state index contributed by atoms with van der Waals surface area (Å²) in [5.74, 6) is 1.30. The van der Waals surface area contributed by atoms with Crippen molar-refractivity contribution < 1.29 is 4.79 Å². The topological polar surface area (TPSA) is 55.1 Å². The quantitative estimate of drug-likeness (QED) is 0.697. The lowest BCUT2D eigenvalue weighted by Gasteiger charge is -2.13. The van der Waals surface area contributed by atoms with Gasteiger partial charge < -0.3 is 11.1 Å². The summed E-state index contributed by atoms with van der Waals surface area (Å²) in [6, 6.07) is 0. The minimum absolute atomic E-state index is 0.0556. The van der Waals surface area contributed by atoms with E-state index in [-0.39, 0.29) is 5.91 Å². The summed E-state index contributed by atoms with van der Waals surface area (Å²) in [6.45, 7) is 0.808. The first-order valence-corrected chi connectivity index (χ1v) is 5.94. The minimum atomic E-state index is -0.497. The van der Waals surface area contributed by atoms with Crippen molar-refractivity contribution in [3.63, 3.8) is 0 Å². The number of hydrogen-bond donors (Lipinski definition) is 2. The van der Waals surface area contributed by atoms with Crippen LogP contribution in [0.15, 0.2) is 0 Å². The van der Waals surface area contributed by atoms with Crippen LogP contribution in [0.5, 0.6) is 0 Å². The molecule has 0 aromatic rings. The largest absolute Gasteiger partial charge is 0.353 e. The van der Waals surface area contributed by atoms with E-state index in [9.17, 15) is 4.79 Å². The zero-order valence-corrected chi connectivity index (χ0v) is 8.53. The highest BCUT2D eigenvalue weighted by atomic mass is 32.2. The van der Waals surface area contributed by atoms with Crippen molar-refractivity contribution in [2.24, 2.45) is 5.73 Å². The molecule has 2 aliphatic rings. The van der Waals surface area contributed by atoms with E-state index in [0.717, 1.165) is 19.4 Å². The summed E-state index contributed by atoms with van der Waals surface area (Å²) in [4.78, 5) is 11.4. The molecular formula is C9H16N2OS. The molecule has 1 amide bonds. The minimum Gasteiger partial charge on any atom is -0.353 e. The zero-order chi connectivity index (χ0) is 9.31. The maximum atomic E-state index is 11.4. The molecule has 0 bridgehead atoms. The SMILES string of the molecule is NC1(C(=O)NCC2CCCS2)CC1. The third-order valence-corrected chi connectivity index (χ3v) is 4.15. The molecule has 74 valence electrons.